The number of rotatable bonds is 4. The van der Waals surface area contributed by atoms with Gasteiger partial charge in [-0.3, -0.25) is 14.5 Å². The van der Waals surface area contributed by atoms with Crippen LogP contribution in [0, 0.1) is 5.41 Å². The van der Waals surface area contributed by atoms with E-state index < -0.39 is 0 Å². The van der Waals surface area contributed by atoms with Gasteiger partial charge in [0.15, 0.2) is 0 Å². The Bertz CT molecular complexity index is 323. The van der Waals surface area contributed by atoms with Crippen LogP contribution in [-0.2, 0) is 14.3 Å². The first kappa shape index (κ1) is 16.0. The van der Waals surface area contributed by atoms with Crippen LogP contribution >= 0.6 is 0 Å². The minimum Gasteiger partial charge on any atom is -0.465 e. The number of likely N-dealkylation sites (tertiary alicyclic amines) is 1. The molecule has 1 rings (SSSR count). The summed E-state index contributed by atoms with van der Waals surface area (Å²) < 4.78 is 4.95. The van der Waals surface area contributed by atoms with Crippen LogP contribution in [0.1, 0.15) is 40.5 Å². The van der Waals surface area contributed by atoms with Crippen molar-refractivity contribution in [1.29, 1.82) is 0 Å². The summed E-state index contributed by atoms with van der Waals surface area (Å²) in [5.41, 5.74) is -0.372. The summed E-state index contributed by atoms with van der Waals surface area (Å²) in [7, 11) is 0. The van der Waals surface area contributed by atoms with E-state index in [0.29, 0.717) is 13.2 Å². The first-order valence-corrected chi connectivity index (χ1v) is 7.02. The van der Waals surface area contributed by atoms with Gasteiger partial charge in [0.25, 0.3) is 0 Å². The van der Waals surface area contributed by atoms with E-state index in [9.17, 15) is 9.59 Å². The maximum Gasteiger partial charge on any atom is 0.320 e. The van der Waals surface area contributed by atoms with Crippen molar-refractivity contribution < 1.29 is 14.3 Å². The molecule has 1 unspecified atom stereocenters. The zero-order valence-corrected chi connectivity index (χ0v) is 12.5. The molecule has 1 aliphatic heterocycles. The van der Waals surface area contributed by atoms with Crippen molar-refractivity contribution in [1.82, 2.24) is 10.2 Å². The first-order chi connectivity index (χ1) is 8.82. The molecule has 1 heterocycles. The van der Waals surface area contributed by atoms with Crippen molar-refractivity contribution in [3.8, 4) is 0 Å². The zero-order chi connectivity index (χ0) is 14.5. The Balaban J connectivity index is 2.42. The molecule has 0 saturated carbocycles. The molecule has 0 bridgehead atoms. The molecule has 0 aliphatic carbocycles. The van der Waals surface area contributed by atoms with E-state index in [2.05, 4.69) is 10.2 Å². The van der Waals surface area contributed by atoms with Crippen molar-refractivity contribution in [2.75, 3.05) is 26.2 Å². The highest BCUT2D eigenvalue weighted by Crippen LogP contribution is 2.16. The number of esters is 1. The van der Waals surface area contributed by atoms with Gasteiger partial charge in [-0.1, -0.05) is 20.8 Å². The fourth-order valence-electron chi connectivity index (χ4n) is 2.11. The van der Waals surface area contributed by atoms with Gasteiger partial charge in [-0.05, 0) is 26.3 Å². The molecule has 1 amide bonds. The van der Waals surface area contributed by atoms with Gasteiger partial charge in [0, 0.05) is 18.0 Å². The van der Waals surface area contributed by atoms with Crippen molar-refractivity contribution in [2.45, 2.75) is 46.6 Å². The Hall–Kier alpha value is -1.10. The lowest BCUT2D eigenvalue weighted by atomic mass is 9.94. The van der Waals surface area contributed by atoms with Crippen molar-refractivity contribution in [3.63, 3.8) is 0 Å². The molecular weight excluding hydrogens is 244 g/mol. The maximum atomic E-state index is 11.9. The molecule has 0 aromatic rings. The molecule has 0 aromatic heterocycles. The van der Waals surface area contributed by atoms with Crippen molar-refractivity contribution in [2.24, 2.45) is 5.41 Å². The largest absolute Gasteiger partial charge is 0.465 e. The average molecular weight is 270 g/mol. The number of hydrogen-bond donors (Lipinski definition) is 1. The standard InChI is InChI=1S/C14H26N2O3/c1-5-19-12(17)10-16-8-6-7-11(9-16)15-13(18)14(2,3)4/h11H,5-10H2,1-4H3,(H,15,18). The predicted molar refractivity (Wildman–Crippen MR) is 73.7 cm³/mol. The van der Waals surface area contributed by atoms with Crippen molar-refractivity contribution >= 4 is 11.9 Å². The molecule has 0 spiro atoms. The maximum absolute atomic E-state index is 11.9. The molecule has 0 aromatic carbocycles. The number of carbonyl (C=O) groups is 2. The van der Waals surface area contributed by atoms with Crippen LogP contribution in [0.2, 0.25) is 0 Å². The molecule has 1 saturated heterocycles. The number of nitrogens with zero attached hydrogens (tertiary/aromatic N) is 1. The van der Waals surface area contributed by atoms with Gasteiger partial charge in [0.05, 0.1) is 13.2 Å². The second-order valence-electron chi connectivity index (χ2n) is 6.10. The van der Waals surface area contributed by atoms with Gasteiger partial charge in [0.1, 0.15) is 0 Å². The lowest BCUT2D eigenvalue weighted by molar-refractivity contribution is -0.144. The van der Waals surface area contributed by atoms with Crippen LogP contribution in [0.15, 0.2) is 0 Å². The van der Waals surface area contributed by atoms with Crippen LogP contribution in [0.3, 0.4) is 0 Å². The van der Waals surface area contributed by atoms with Gasteiger partial charge in [-0.2, -0.15) is 0 Å². The molecule has 19 heavy (non-hydrogen) atoms. The zero-order valence-electron chi connectivity index (χ0n) is 12.5. The molecule has 110 valence electrons. The minimum absolute atomic E-state index is 0.0653. The summed E-state index contributed by atoms with van der Waals surface area (Å²) in [6, 6.07) is 0.134. The van der Waals surface area contributed by atoms with Crippen LogP contribution in [0.25, 0.3) is 0 Å². The third-order valence-corrected chi connectivity index (χ3v) is 3.18. The second-order valence-corrected chi connectivity index (χ2v) is 6.10. The van der Waals surface area contributed by atoms with E-state index in [1.807, 2.05) is 20.8 Å². The predicted octanol–water partition coefficient (Wildman–Crippen LogP) is 1.18. The average Bonchev–Trinajstić information content (AvgIpc) is 2.28. The van der Waals surface area contributed by atoms with Gasteiger partial charge >= 0.3 is 5.97 Å². The highest BCUT2D eigenvalue weighted by molar-refractivity contribution is 5.81. The number of amides is 1. The molecule has 5 heteroatoms. The Labute approximate surface area is 115 Å². The van der Waals surface area contributed by atoms with Gasteiger partial charge in [-0.15, -0.1) is 0 Å². The Morgan fingerprint density at radius 1 is 1.37 bits per heavy atom. The monoisotopic (exact) mass is 270 g/mol. The number of piperidine rings is 1. The smallest absolute Gasteiger partial charge is 0.320 e. The van der Waals surface area contributed by atoms with Gasteiger partial charge in [-0.25, -0.2) is 0 Å². The van der Waals surface area contributed by atoms with Gasteiger partial charge < -0.3 is 10.1 Å². The summed E-state index contributed by atoms with van der Waals surface area (Å²) in [4.78, 5) is 25.4. The number of hydrogen-bond acceptors (Lipinski definition) is 4. The SMILES string of the molecule is CCOC(=O)CN1CCCC(NC(=O)C(C)(C)C)C1. The fourth-order valence-corrected chi connectivity index (χ4v) is 2.11. The van der Waals surface area contributed by atoms with E-state index >= 15 is 0 Å². The van der Waals surface area contributed by atoms with E-state index in [4.69, 9.17) is 4.74 Å². The highest BCUT2D eigenvalue weighted by Gasteiger charge is 2.27. The van der Waals surface area contributed by atoms with Crippen LogP contribution in [0.4, 0.5) is 0 Å². The van der Waals surface area contributed by atoms with E-state index in [-0.39, 0.29) is 23.3 Å². The number of carbonyl (C=O) groups excluding carboxylic acids is 2. The van der Waals surface area contributed by atoms with Crippen LogP contribution < -0.4 is 5.32 Å². The Morgan fingerprint density at radius 3 is 2.63 bits per heavy atom. The van der Waals surface area contributed by atoms with Gasteiger partial charge in [0.2, 0.25) is 5.91 Å². The topological polar surface area (TPSA) is 58.6 Å². The van der Waals surface area contributed by atoms with Crippen LogP contribution in [-0.4, -0.2) is 49.1 Å². The second kappa shape index (κ2) is 6.89. The summed E-state index contributed by atoms with van der Waals surface area (Å²) in [6.45, 7) is 9.86. The molecule has 5 nitrogen and oxygen atoms in total. The highest BCUT2D eigenvalue weighted by atomic mass is 16.5. The van der Waals surface area contributed by atoms with Crippen LogP contribution in [0.5, 0.6) is 0 Å². The summed E-state index contributed by atoms with van der Waals surface area (Å²) in [5.74, 6) is -0.124. The summed E-state index contributed by atoms with van der Waals surface area (Å²) in [6.07, 6.45) is 1.97. The molecule has 1 aliphatic rings. The molecule has 0 radical (unpaired) electrons. The van der Waals surface area contributed by atoms with Crippen molar-refractivity contribution in [3.05, 3.63) is 0 Å². The van der Waals surface area contributed by atoms with E-state index in [1.165, 1.54) is 0 Å². The molecular formula is C14H26N2O3. The van der Waals surface area contributed by atoms with E-state index in [0.717, 1.165) is 25.9 Å². The molecule has 1 fully saturated rings. The Kier molecular flexibility index (Phi) is 5.79. The lowest BCUT2D eigenvalue weighted by Gasteiger charge is -2.33. The normalized spacial score (nSPS) is 20.9. The number of nitrogens with one attached hydrogen (secondary N) is 1. The first-order valence-electron chi connectivity index (χ1n) is 7.02. The molecule has 1 atom stereocenters. The third-order valence-electron chi connectivity index (χ3n) is 3.18. The lowest BCUT2D eigenvalue weighted by Crippen LogP contribution is -2.51. The number of ether oxygens (including phenoxy) is 1. The minimum atomic E-state index is -0.372. The summed E-state index contributed by atoms with van der Waals surface area (Å²) in [5, 5.41) is 3.06. The quantitative estimate of drug-likeness (QED) is 0.779. The molecule has 1 N–H and O–H groups in total. The summed E-state index contributed by atoms with van der Waals surface area (Å²) >= 11 is 0. The van der Waals surface area contributed by atoms with E-state index in [1.54, 1.807) is 6.92 Å². The Morgan fingerprint density at radius 2 is 2.05 bits per heavy atom. The fraction of sp³-hybridized carbons (Fsp3) is 0.857. The third kappa shape index (κ3) is 5.59.